The van der Waals surface area contributed by atoms with Gasteiger partial charge in [-0.15, -0.1) is 11.8 Å². The first kappa shape index (κ1) is 20.0. The minimum Gasteiger partial charge on any atom is -0.489 e. The Hall–Kier alpha value is -2.76. The van der Waals surface area contributed by atoms with Crippen LogP contribution in [0.4, 0.5) is 0 Å². The van der Waals surface area contributed by atoms with E-state index in [4.69, 9.17) is 16.3 Å². The summed E-state index contributed by atoms with van der Waals surface area (Å²) in [7, 11) is 0. The molecule has 1 N–H and O–H groups in total. The molecule has 0 heterocycles. The van der Waals surface area contributed by atoms with Gasteiger partial charge in [-0.1, -0.05) is 41.9 Å². The lowest BCUT2D eigenvalue weighted by atomic mass is 10.2. The van der Waals surface area contributed by atoms with Crippen LogP contribution in [0.1, 0.15) is 11.1 Å². The second-order valence-corrected chi connectivity index (χ2v) is 7.36. The van der Waals surface area contributed by atoms with Crippen LogP contribution in [0.15, 0.2) is 88.9 Å². The van der Waals surface area contributed by atoms with Crippen LogP contribution in [-0.4, -0.2) is 17.9 Å². The number of hydrogen-bond donors (Lipinski definition) is 1. The van der Waals surface area contributed by atoms with Gasteiger partial charge >= 0.3 is 0 Å². The smallest absolute Gasteiger partial charge is 0.250 e. The van der Waals surface area contributed by atoms with Gasteiger partial charge < -0.3 is 4.74 Å². The Morgan fingerprint density at radius 3 is 2.43 bits per heavy atom. The van der Waals surface area contributed by atoms with Gasteiger partial charge in [0.2, 0.25) is 5.91 Å². The SMILES string of the molecule is O=C(CSc1ccccc1)N/N=C\c1ccc(OCc2ccc(Cl)cc2)cc1. The highest BCUT2D eigenvalue weighted by Crippen LogP contribution is 2.17. The number of halogens is 1. The maximum atomic E-state index is 11.8. The van der Waals surface area contributed by atoms with E-state index in [2.05, 4.69) is 10.5 Å². The third-order valence-corrected chi connectivity index (χ3v) is 4.98. The van der Waals surface area contributed by atoms with Crippen molar-refractivity contribution in [3.8, 4) is 5.75 Å². The number of ether oxygens (including phenoxy) is 1. The molecule has 28 heavy (non-hydrogen) atoms. The topological polar surface area (TPSA) is 50.7 Å². The number of rotatable bonds is 8. The van der Waals surface area contributed by atoms with Gasteiger partial charge in [-0.05, 0) is 59.7 Å². The van der Waals surface area contributed by atoms with Crippen LogP contribution in [-0.2, 0) is 11.4 Å². The molecule has 142 valence electrons. The molecule has 0 radical (unpaired) electrons. The van der Waals surface area contributed by atoms with Crippen LogP contribution in [0, 0.1) is 0 Å². The van der Waals surface area contributed by atoms with Crippen LogP contribution in [0.5, 0.6) is 5.75 Å². The monoisotopic (exact) mass is 410 g/mol. The number of hydrogen-bond acceptors (Lipinski definition) is 4. The number of nitrogens with zero attached hydrogens (tertiary/aromatic N) is 1. The lowest BCUT2D eigenvalue weighted by molar-refractivity contribution is -0.118. The van der Waals surface area contributed by atoms with E-state index in [1.165, 1.54) is 11.8 Å². The van der Waals surface area contributed by atoms with Crippen molar-refractivity contribution in [2.45, 2.75) is 11.5 Å². The molecule has 0 bridgehead atoms. The molecule has 1 amide bonds. The quantitative estimate of drug-likeness (QED) is 0.317. The molecule has 3 aromatic carbocycles. The van der Waals surface area contributed by atoms with Crippen molar-refractivity contribution >= 4 is 35.5 Å². The van der Waals surface area contributed by atoms with E-state index in [1.54, 1.807) is 6.21 Å². The molecule has 3 rings (SSSR count). The molecule has 0 unspecified atom stereocenters. The fourth-order valence-corrected chi connectivity index (χ4v) is 3.11. The number of amides is 1. The Kier molecular flexibility index (Phi) is 7.53. The zero-order chi connectivity index (χ0) is 19.6. The van der Waals surface area contributed by atoms with Crippen molar-refractivity contribution in [2.75, 3.05) is 5.75 Å². The van der Waals surface area contributed by atoms with Crippen molar-refractivity contribution in [3.63, 3.8) is 0 Å². The minimum atomic E-state index is -0.145. The predicted molar refractivity (Wildman–Crippen MR) is 115 cm³/mol. The highest BCUT2D eigenvalue weighted by molar-refractivity contribution is 8.00. The summed E-state index contributed by atoms with van der Waals surface area (Å²) in [6.45, 7) is 0.472. The third kappa shape index (κ3) is 6.76. The standard InChI is InChI=1S/C22H19ClN2O2S/c23-19-10-6-18(7-11-19)15-27-20-12-8-17(9-13-20)14-24-25-22(26)16-28-21-4-2-1-3-5-21/h1-14H,15-16H2,(H,25,26)/b24-14-. The first-order valence-electron chi connectivity index (χ1n) is 8.66. The molecule has 0 saturated heterocycles. The Bertz CT molecular complexity index is 914. The number of thioether (sulfide) groups is 1. The highest BCUT2D eigenvalue weighted by atomic mass is 35.5. The summed E-state index contributed by atoms with van der Waals surface area (Å²) in [5.74, 6) is 0.933. The molecule has 0 aromatic heterocycles. The Morgan fingerprint density at radius 1 is 1.00 bits per heavy atom. The molecule has 0 aliphatic heterocycles. The third-order valence-electron chi connectivity index (χ3n) is 3.71. The maximum Gasteiger partial charge on any atom is 0.250 e. The van der Waals surface area contributed by atoms with Crippen molar-refractivity contribution in [1.82, 2.24) is 5.43 Å². The van der Waals surface area contributed by atoms with E-state index in [0.717, 1.165) is 21.8 Å². The summed E-state index contributed by atoms with van der Waals surface area (Å²) in [5.41, 5.74) is 4.45. The predicted octanol–water partition coefficient (Wildman–Crippen LogP) is 5.16. The van der Waals surface area contributed by atoms with E-state index >= 15 is 0 Å². The first-order valence-corrected chi connectivity index (χ1v) is 10.0. The number of benzene rings is 3. The number of hydrazone groups is 1. The fraction of sp³-hybridized carbons (Fsp3) is 0.0909. The largest absolute Gasteiger partial charge is 0.489 e. The Morgan fingerprint density at radius 2 is 1.71 bits per heavy atom. The van der Waals surface area contributed by atoms with Crippen molar-refractivity contribution < 1.29 is 9.53 Å². The van der Waals surface area contributed by atoms with Gasteiger partial charge in [-0.2, -0.15) is 5.10 Å². The van der Waals surface area contributed by atoms with Gasteiger partial charge in [-0.3, -0.25) is 4.79 Å². The number of carbonyl (C=O) groups is 1. The van der Waals surface area contributed by atoms with Crippen molar-refractivity contribution in [3.05, 3.63) is 95.0 Å². The molecule has 4 nitrogen and oxygen atoms in total. The number of nitrogens with one attached hydrogen (secondary N) is 1. The van der Waals surface area contributed by atoms with Crippen LogP contribution in [0.2, 0.25) is 5.02 Å². The second kappa shape index (κ2) is 10.5. The van der Waals surface area contributed by atoms with Gasteiger partial charge in [0.05, 0.1) is 12.0 Å². The summed E-state index contributed by atoms with van der Waals surface area (Å²) in [5, 5.41) is 4.70. The van der Waals surface area contributed by atoms with E-state index in [1.807, 2.05) is 78.9 Å². The summed E-state index contributed by atoms with van der Waals surface area (Å²) in [6.07, 6.45) is 1.61. The molecule has 0 aliphatic rings. The fourth-order valence-electron chi connectivity index (χ4n) is 2.27. The summed E-state index contributed by atoms with van der Waals surface area (Å²) < 4.78 is 5.74. The molecule has 0 aliphatic carbocycles. The van der Waals surface area contributed by atoms with Gasteiger partial charge in [0, 0.05) is 9.92 Å². The van der Waals surface area contributed by atoms with E-state index in [0.29, 0.717) is 17.4 Å². The normalized spacial score (nSPS) is 10.8. The van der Waals surface area contributed by atoms with E-state index in [9.17, 15) is 4.79 Å². The molecule has 6 heteroatoms. The van der Waals surface area contributed by atoms with Crippen molar-refractivity contribution in [2.24, 2.45) is 5.10 Å². The van der Waals surface area contributed by atoms with Gasteiger partial charge in [0.1, 0.15) is 12.4 Å². The summed E-state index contributed by atoms with van der Waals surface area (Å²) in [6, 6.07) is 24.8. The Balaban J connectivity index is 1.41. The summed E-state index contributed by atoms with van der Waals surface area (Å²) in [4.78, 5) is 12.9. The molecular formula is C22H19ClN2O2S. The minimum absolute atomic E-state index is 0.145. The average Bonchev–Trinajstić information content (AvgIpc) is 2.73. The molecule has 0 saturated carbocycles. The van der Waals surface area contributed by atoms with Crippen LogP contribution >= 0.6 is 23.4 Å². The van der Waals surface area contributed by atoms with Gasteiger partial charge in [0.25, 0.3) is 0 Å². The molecule has 0 spiro atoms. The number of carbonyl (C=O) groups excluding carboxylic acids is 1. The van der Waals surface area contributed by atoms with Crippen LogP contribution in [0.25, 0.3) is 0 Å². The average molecular weight is 411 g/mol. The maximum absolute atomic E-state index is 11.8. The zero-order valence-corrected chi connectivity index (χ0v) is 16.6. The lowest BCUT2D eigenvalue weighted by Gasteiger charge is -2.06. The van der Waals surface area contributed by atoms with Crippen LogP contribution < -0.4 is 10.2 Å². The molecule has 0 fully saturated rings. The van der Waals surface area contributed by atoms with Gasteiger partial charge in [0.15, 0.2) is 0 Å². The molecule has 3 aromatic rings. The molecular weight excluding hydrogens is 392 g/mol. The highest BCUT2D eigenvalue weighted by Gasteiger charge is 2.01. The van der Waals surface area contributed by atoms with Gasteiger partial charge in [-0.25, -0.2) is 5.43 Å². The lowest BCUT2D eigenvalue weighted by Crippen LogP contribution is -2.19. The summed E-state index contributed by atoms with van der Waals surface area (Å²) >= 11 is 7.34. The van der Waals surface area contributed by atoms with E-state index < -0.39 is 0 Å². The Labute approximate surface area is 173 Å². The van der Waals surface area contributed by atoms with Crippen molar-refractivity contribution in [1.29, 1.82) is 0 Å². The second-order valence-electron chi connectivity index (χ2n) is 5.88. The van der Waals surface area contributed by atoms with Crippen LogP contribution in [0.3, 0.4) is 0 Å². The molecule has 0 atom stereocenters. The van der Waals surface area contributed by atoms with E-state index in [-0.39, 0.29) is 5.91 Å². The zero-order valence-electron chi connectivity index (χ0n) is 15.0. The first-order chi connectivity index (χ1) is 13.7.